The van der Waals surface area contributed by atoms with E-state index < -0.39 is 8.24 Å². The molecule has 0 bridgehead atoms. The molecule has 3 aliphatic rings. The Hall–Kier alpha value is -0.423. The fourth-order valence-corrected chi connectivity index (χ4v) is 8.73. The molecule has 1 aliphatic heterocycles. The first kappa shape index (κ1) is 15.5. The Morgan fingerprint density at radius 1 is 1.05 bits per heavy atom. The summed E-state index contributed by atoms with van der Waals surface area (Å²) in [5.41, 5.74) is 0.884. The molecule has 3 nitrogen and oxygen atoms in total. The zero-order chi connectivity index (χ0) is 15.0. The second-order valence-electron chi connectivity index (χ2n) is 7.69. The first-order chi connectivity index (χ1) is 10.0. The molecule has 0 amide bonds. The molecule has 3 unspecified atom stereocenters. The molecular formula is C17H31N3Si. The first-order valence-electron chi connectivity index (χ1n) is 8.49. The molecule has 3 rings (SSSR count). The molecular weight excluding hydrogens is 274 g/mol. The molecule has 2 aliphatic carbocycles. The third kappa shape index (κ3) is 2.79. The molecule has 21 heavy (non-hydrogen) atoms. The molecule has 1 heterocycles. The summed E-state index contributed by atoms with van der Waals surface area (Å²) in [6.07, 6.45) is 10.9. The summed E-state index contributed by atoms with van der Waals surface area (Å²) in [5.74, 6) is 1.49. The topological polar surface area (TPSA) is 18.5 Å². The molecule has 0 aromatic rings. The summed E-state index contributed by atoms with van der Waals surface area (Å²) < 4.78 is 2.86. The predicted octanol–water partition coefficient (Wildman–Crippen LogP) is 2.16. The Labute approximate surface area is 131 Å². The van der Waals surface area contributed by atoms with Crippen molar-refractivity contribution in [3.8, 4) is 0 Å². The van der Waals surface area contributed by atoms with Crippen LogP contribution in [0.5, 0.6) is 0 Å². The molecule has 4 atom stereocenters. The summed E-state index contributed by atoms with van der Waals surface area (Å²) in [6, 6.07) is 0.718. The van der Waals surface area contributed by atoms with E-state index in [1.54, 1.807) is 0 Å². The number of fused-ring (bicyclic) bond motifs is 1. The second kappa shape index (κ2) is 5.99. The van der Waals surface area contributed by atoms with Crippen LogP contribution in [0, 0.1) is 11.8 Å². The minimum Gasteiger partial charge on any atom is -0.321 e. The van der Waals surface area contributed by atoms with Crippen LogP contribution < -0.4 is 5.32 Å². The van der Waals surface area contributed by atoms with Crippen molar-refractivity contribution in [1.82, 2.24) is 14.8 Å². The summed E-state index contributed by atoms with van der Waals surface area (Å²) >= 11 is 0. The Morgan fingerprint density at radius 2 is 1.67 bits per heavy atom. The van der Waals surface area contributed by atoms with Gasteiger partial charge in [0, 0.05) is 32.2 Å². The van der Waals surface area contributed by atoms with Crippen LogP contribution in [0.4, 0.5) is 0 Å². The van der Waals surface area contributed by atoms with Crippen molar-refractivity contribution >= 4 is 8.24 Å². The highest BCUT2D eigenvalue weighted by molar-refractivity contribution is 6.76. The van der Waals surface area contributed by atoms with Crippen molar-refractivity contribution in [2.45, 2.75) is 31.1 Å². The molecule has 0 radical (unpaired) electrons. The van der Waals surface area contributed by atoms with Gasteiger partial charge in [-0.3, -0.25) is 0 Å². The van der Waals surface area contributed by atoms with Crippen molar-refractivity contribution in [3.63, 3.8) is 0 Å². The normalized spacial score (nSPS) is 37.2. The summed E-state index contributed by atoms with van der Waals surface area (Å²) in [5, 5.41) is 3.51. The highest BCUT2D eigenvalue weighted by Crippen LogP contribution is 2.51. The van der Waals surface area contributed by atoms with Crippen LogP contribution in [0.25, 0.3) is 0 Å². The number of hydrogen-bond donors (Lipinski definition) is 1. The summed E-state index contributed by atoms with van der Waals surface area (Å²) in [7, 11) is 3.14. The van der Waals surface area contributed by atoms with Gasteiger partial charge in [0.05, 0.1) is 0 Å². The standard InChI is InChI=1S/C17H31N3Si/c1-19(2)16-13-17(15-8-6-5-7-14(15)16)21(3,4)20-11-9-18-10-12-20/h5-8,14-18H,9-13H2,1-4H3/t14?,15?,16-,17?/m0/s1. The molecule has 0 aromatic heterocycles. The van der Waals surface area contributed by atoms with Gasteiger partial charge in [-0.25, -0.2) is 0 Å². The Kier molecular flexibility index (Phi) is 4.41. The minimum atomic E-state index is -1.38. The lowest BCUT2D eigenvalue weighted by molar-refractivity contribution is 0.254. The summed E-state index contributed by atoms with van der Waals surface area (Å²) in [4.78, 5) is 2.46. The van der Waals surface area contributed by atoms with E-state index in [1.807, 2.05) is 0 Å². The van der Waals surface area contributed by atoms with E-state index in [0.717, 1.165) is 23.4 Å². The fraction of sp³-hybridized carbons (Fsp3) is 0.765. The van der Waals surface area contributed by atoms with Gasteiger partial charge in [0.2, 0.25) is 0 Å². The maximum Gasteiger partial charge on any atom is 0.126 e. The largest absolute Gasteiger partial charge is 0.321 e. The lowest BCUT2D eigenvalue weighted by Gasteiger charge is -2.45. The van der Waals surface area contributed by atoms with Crippen molar-refractivity contribution < 1.29 is 0 Å². The van der Waals surface area contributed by atoms with Crippen LogP contribution in [0.2, 0.25) is 18.6 Å². The monoisotopic (exact) mass is 305 g/mol. The van der Waals surface area contributed by atoms with Crippen molar-refractivity contribution in [1.29, 1.82) is 0 Å². The molecule has 118 valence electrons. The van der Waals surface area contributed by atoms with Gasteiger partial charge in [0.1, 0.15) is 8.24 Å². The van der Waals surface area contributed by atoms with Gasteiger partial charge in [-0.05, 0) is 37.9 Å². The zero-order valence-corrected chi connectivity index (χ0v) is 15.0. The van der Waals surface area contributed by atoms with Gasteiger partial charge in [0.15, 0.2) is 0 Å². The number of nitrogens with zero attached hydrogens (tertiary/aromatic N) is 2. The predicted molar refractivity (Wildman–Crippen MR) is 93.0 cm³/mol. The molecule has 1 N–H and O–H groups in total. The van der Waals surface area contributed by atoms with E-state index in [-0.39, 0.29) is 0 Å². The van der Waals surface area contributed by atoms with Gasteiger partial charge in [-0.1, -0.05) is 37.4 Å². The minimum absolute atomic E-state index is 0.718. The van der Waals surface area contributed by atoms with Gasteiger partial charge in [-0.2, -0.15) is 0 Å². The third-order valence-electron chi connectivity index (χ3n) is 6.13. The van der Waals surface area contributed by atoms with Crippen molar-refractivity contribution in [2.24, 2.45) is 11.8 Å². The number of rotatable bonds is 3. The summed E-state index contributed by atoms with van der Waals surface area (Å²) in [6.45, 7) is 10.1. The molecule has 1 saturated carbocycles. The third-order valence-corrected chi connectivity index (χ3v) is 10.6. The molecule has 2 fully saturated rings. The molecule has 0 aromatic carbocycles. The van der Waals surface area contributed by atoms with Gasteiger partial charge < -0.3 is 14.8 Å². The van der Waals surface area contributed by atoms with E-state index >= 15 is 0 Å². The smallest absolute Gasteiger partial charge is 0.126 e. The maximum atomic E-state index is 3.51. The van der Waals surface area contributed by atoms with E-state index in [9.17, 15) is 0 Å². The number of hydrogen-bond acceptors (Lipinski definition) is 3. The zero-order valence-electron chi connectivity index (χ0n) is 14.0. The Bertz CT molecular complexity index is 424. The molecule has 0 spiro atoms. The number of nitrogens with one attached hydrogen (secondary N) is 1. The highest BCUT2D eigenvalue weighted by atomic mass is 28.3. The van der Waals surface area contributed by atoms with Crippen molar-refractivity contribution in [2.75, 3.05) is 40.3 Å². The average molecular weight is 306 g/mol. The van der Waals surface area contributed by atoms with E-state index in [2.05, 4.69) is 66.3 Å². The Balaban J connectivity index is 1.83. The van der Waals surface area contributed by atoms with E-state index in [0.29, 0.717) is 0 Å². The van der Waals surface area contributed by atoms with Gasteiger partial charge >= 0.3 is 0 Å². The van der Waals surface area contributed by atoms with Crippen LogP contribution in [-0.2, 0) is 0 Å². The number of allylic oxidation sites excluding steroid dienone is 3. The van der Waals surface area contributed by atoms with Crippen LogP contribution in [0.3, 0.4) is 0 Å². The van der Waals surface area contributed by atoms with E-state index in [4.69, 9.17) is 0 Å². The van der Waals surface area contributed by atoms with Gasteiger partial charge in [0.25, 0.3) is 0 Å². The van der Waals surface area contributed by atoms with Gasteiger partial charge in [-0.15, -0.1) is 0 Å². The lowest BCUT2D eigenvalue weighted by atomic mass is 9.89. The number of piperazine rings is 1. The van der Waals surface area contributed by atoms with Crippen molar-refractivity contribution in [3.05, 3.63) is 24.3 Å². The van der Waals surface area contributed by atoms with E-state index in [1.165, 1.54) is 32.6 Å². The maximum absolute atomic E-state index is 3.51. The first-order valence-corrected chi connectivity index (χ1v) is 11.5. The van der Waals surface area contributed by atoms with Crippen LogP contribution in [0.1, 0.15) is 6.42 Å². The Morgan fingerprint density at radius 3 is 2.29 bits per heavy atom. The quantitative estimate of drug-likeness (QED) is 0.806. The lowest BCUT2D eigenvalue weighted by Crippen LogP contribution is -2.59. The average Bonchev–Trinajstić information content (AvgIpc) is 2.88. The van der Waals surface area contributed by atoms with Crippen LogP contribution >= 0.6 is 0 Å². The fourth-order valence-electron chi connectivity index (χ4n) is 4.79. The second-order valence-corrected chi connectivity index (χ2v) is 12.4. The highest BCUT2D eigenvalue weighted by Gasteiger charge is 2.51. The molecule has 4 heteroatoms. The molecule has 1 saturated heterocycles. The SMILES string of the molecule is CN(C)[C@H]1CC([Si](C)(C)N2CCNCC2)C2C=CC=CC21. The van der Waals surface area contributed by atoms with Crippen LogP contribution in [-0.4, -0.2) is 64.0 Å². The van der Waals surface area contributed by atoms with Crippen LogP contribution in [0.15, 0.2) is 24.3 Å².